The molecule has 2 N–H and O–H groups in total. The van der Waals surface area contributed by atoms with Crippen LogP contribution in [-0.4, -0.2) is 44.3 Å². The Balaban J connectivity index is 2.24. The number of allylic oxidation sites excluding steroid dienone is 4. The van der Waals surface area contributed by atoms with Crippen LogP contribution in [0.4, 0.5) is 4.39 Å². The van der Waals surface area contributed by atoms with Crippen LogP contribution in [0.3, 0.4) is 0 Å². The van der Waals surface area contributed by atoms with Gasteiger partial charge in [0.1, 0.15) is 6.17 Å². The van der Waals surface area contributed by atoms with Gasteiger partial charge in [-0.05, 0) is 61.9 Å². The van der Waals surface area contributed by atoms with Gasteiger partial charge in [-0.15, -0.1) is 11.6 Å². The second kappa shape index (κ2) is 13.7. The first-order chi connectivity index (χ1) is 16.1. The lowest BCUT2D eigenvalue weighted by Crippen LogP contribution is -2.48. The van der Waals surface area contributed by atoms with E-state index in [1.807, 2.05) is 13.0 Å². The van der Waals surface area contributed by atoms with Crippen LogP contribution in [0.15, 0.2) is 39.0 Å². The lowest BCUT2D eigenvalue weighted by atomic mass is 9.63. The molecule has 0 aromatic carbocycles. The quantitative estimate of drug-likeness (QED) is 0.125. The number of alkyl halides is 2. The van der Waals surface area contributed by atoms with Crippen molar-refractivity contribution in [3.05, 3.63) is 34.0 Å². The SMILES string of the molecule is C\N=C/C(Cl)=C(NC)/C(=C/C=C(\C)C(=O)N[C@@H]1C[C@@H](C)CCC[C@H]1C1(C)CCCC(F)C1)CCl. The van der Waals surface area contributed by atoms with E-state index in [4.69, 9.17) is 23.2 Å². The molecule has 2 aliphatic carbocycles. The Morgan fingerprint density at radius 1 is 1.24 bits per heavy atom. The topological polar surface area (TPSA) is 53.5 Å². The van der Waals surface area contributed by atoms with Crippen molar-refractivity contribution in [2.45, 2.75) is 84.4 Å². The average Bonchev–Trinajstić information content (AvgIpc) is 2.97. The highest BCUT2D eigenvalue weighted by molar-refractivity contribution is 6.40. The van der Waals surface area contributed by atoms with Crippen molar-refractivity contribution >= 4 is 35.3 Å². The Morgan fingerprint density at radius 2 is 1.97 bits per heavy atom. The fraction of sp³-hybridized carbons (Fsp3) is 0.704. The van der Waals surface area contributed by atoms with E-state index < -0.39 is 6.17 Å². The number of hydrogen-bond acceptors (Lipinski definition) is 3. The molecular formula is C27H42Cl2FN3O. The van der Waals surface area contributed by atoms with Gasteiger partial charge < -0.3 is 10.6 Å². The zero-order valence-electron chi connectivity index (χ0n) is 21.4. The molecule has 34 heavy (non-hydrogen) atoms. The minimum absolute atomic E-state index is 0.0584. The summed E-state index contributed by atoms with van der Waals surface area (Å²) in [6.07, 6.45) is 12.0. The van der Waals surface area contributed by atoms with E-state index >= 15 is 0 Å². The van der Waals surface area contributed by atoms with Gasteiger partial charge in [-0.1, -0.05) is 56.9 Å². The van der Waals surface area contributed by atoms with E-state index in [1.54, 1.807) is 26.4 Å². The number of amides is 1. The zero-order valence-corrected chi connectivity index (χ0v) is 22.9. The van der Waals surface area contributed by atoms with Crippen LogP contribution in [0, 0.1) is 17.3 Å². The fourth-order valence-corrected chi connectivity index (χ4v) is 6.30. The molecule has 7 heteroatoms. The largest absolute Gasteiger partial charge is 0.387 e. The van der Waals surface area contributed by atoms with Crippen LogP contribution in [-0.2, 0) is 4.79 Å². The number of nitrogens with one attached hydrogen (secondary N) is 2. The first-order valence-electron chi connectivity index (χ1n) is 12.5. The number of carbonyl (C=O) groups excluding carboxylic acids is 1. The highest BCUT2D eigenvalue weighted by Crippen LogP contribution is 2.48. The molecule has 2 unspecified atom stereocenters. The number of carbonyl (C=O) groups is 1. The first-order valence-corrected chi connectivity index (χ1v) is 13.4. The van der Waals surface area contributed by atoms with Crippen LogP contribution < -0.4 is 10.6 Å². The molecule has 192 valence electrons. The summed E-state index contributed by atoms with van der Waals surface area (Å²) < 4.78 is 14.4. The predicted molar refractivity (Wildman–Crippen MR) is 143 cm³/mol. The van der Waals surface area contributed by atoms with Gasteiger partial charge >= 0.3 is 0 Å². The Bertz CT molecular complexity index is 823. The van der Waals surface area contributed by atoms with Gasteiger partial charge in [0.05, 0.1) is 10.7 Å². The Labute approximate surface area is 215 Å². The molecule has 2 aliphatic rings. The van der Waals surface area contributed by atoms with Crippen molar-refractivity contribution in [3.8, 4) is 0 Å². The molecule has 0 heterocycles. The van der Waals surface area contributed by atoms with Crippen LogP contribution in [0.25, 0.3) is 0 Å². The fourth-order valence-electron chi connectivity index (χ4n) is 5.76. The van der Waals surface area contributed by atoms with Gasteiger partial charge in [0.25, 0.3) is 0 Å². The summed E-state index contributed by atoms with van der Waals surface area (Å²) in [4.78, 5) is 17.2. The van der Waals surface area contributed by atoms with Gasteiger partial charge in [-0.3, -0.25) is 9.79 Å². The molecule has 0 saturated heterocycles. The van der Waals surface area contributed by atoms with Crippen molar-refractivity contribution in [3.63, 3.8) is 0 Å². The number of halogens is 3. The van der Waals surface area contributed by atoms with E-state index in [-0.39, 0.29) is 23.2 Å². The third kappa shape index (κ3) is 7.84. The summed E-state index contributed by atoms with van der Waals surface area (Å²) >= 11 is 12.5. The van der Waals surface area contributed by atoms with E-state index in [2.05, 4.69) is 29.5 Å². The van der Waals surface area contributed by atoms with Crippen molar-refractivity contribution in [2.75, 3.05) is 20.0 Å². The summed E-state index contributed by atoms with van der Waals surface area (Å²) in [6, 6.07) is 0.0584. The maximum Gasteiger partial charge on any atom is 0.247 e. The number of rotatable bonds is 8. The lowest BCUT2D eigenvalue weighted by molar-refractivity contribution is -0.119. The van der Waals surface area contributed by atoms with Crippen molar-refractivity contribution in [2.24, 2.45) is 22.2 Å². The van der Waals surface area contributed by atoms with E-state index in [0.29, 0.717) is 41.0 Å². The molecule has 0 radical (unpaired) electrons. The van der Waals surface area contributed by atoms with E-state index in [9.17, 15) is 9.18 Å². The molecule has 4 nitrogen and oxygen atoms in total. The highest BCUT2D eigenvalue weighted by atomic mass is 35.5. The molecule has 1 amide bonds. The van der Waals surface area contributed by atoms with Gasteiger partial charge in [0.2, 0.25) is 5.91 Å². The summed E-state index contributed by atoms with van der Waals surface area (Å²) in [6.45, 7) is 6.31. The van der Waals surface area contributed by atoms with E-state index in [1.165, 1.54) is 0 Å². The number of hydrogen-bond donors (Lipinski definition) is 2. The molecule has 2 fully saturated rings. The van der Waals surface area contributed by atoms with Crippen LogP contribution in [0.2, 0.25) is 0 Å². The molecule has 0 aliphatic heterocycles. The van der Waals surface area contributed by atoms with Crippen molar-refractivity contribution in [1.29, 1.82) is 0 Å². The summed E-state index contributed by atoms with van der Waals surface area (Å²) in [5.74, 6) is 0.996. The summed E-state index contributed by atoms with van der Waals surface area (Å²) in [7, 11) is 3.42. The average molecular weight is 515 g/mol. The van der Waals surface area contributed by atoms with Crippen molar-refractivity contribution < 1.29 is 9.18 Å². The normalized spacial score (nSPS) is 32.2. The zero-order chi connectivity index (χ0) is 25.3. The third-order valence-corrected chi connectivity index (χ3v) is 8.18. The smallest absolute Gasteiger partial charge is 0.247 e. The Morgan fingerprint density at radius 3 is 2.59 bits per heavy atom. The van der Waals surface area contributed by atoms with Gasteiger partial charge in [-0.2, -0.15) is 0 Å². The highest BCUT2D eigenvalue weighted by Gasteiger charge is 2.44. The monoisotopic (exact) mass is 513 g/mol. The van der Waals surface area contributed by atoms with E-state index in [0.717, 1.165) is 44.1 Å². The molecule has 0 spiro atoms. The van der Waals surface area contributed by atoms with Gasteiger partial charge in [0.15, 0.2) is 0 Å². The standard InChI is InChI=1S/C27H42Cl2FN3O/c1-18-8-6-10-22(27(3)13-7-9-21(30)15-27)24(14-18)33-26(34)19(2)11-12-20(16-28)25(32-5)23(29)17-31-4/h11-12,17-18,21-22,24,32H,6-10,13-16H2,1-5H3,(H,33,34)/b19-11+,20-12+,25-23+,31-17-/t18-,21?,22+,24+,27?/m0/s1. The molecule has 5 atom stereocenters. The second-order valence-electron chi connectivity index (χ2n) is 10.3. The molecule has 0 aromatic heterocycles. The minimum atomic E-state index is -0.726. The van der Waals surface area contributed by atoms with Crippen LogP contribution in [0.1, 0.15) is 72.1 Å². The minimum Gasteiger partial charge on any atom is -0.387 e. The van der Waals surface area contributed by atoms with Crippen LogP contribution in [0.5, 0.6) is 0 Å². The molecule has 0 bridgehead atoms. The van der Waals surface area contributed by atoms with Gasteiger partial charge in [0, 0.05) is 37.8 Å². The Hall–Kier alpha value is -1.33. The summed E-state index contributed by atoms with van der Waals surface area (Å²) in [5.41, 5.74) is 1.99. The van der Waals surface area contributed by atoms with Gasteiger partial charge in [-0.25, -0.2) is 4.39 Å². The van der Waals surface area contributed by atoms with Crippen molar-refractivity contribution in [1.82, 2.24) is 10.6 Å². The maximum absolute atomic E-state index is 14.4. The predicted octanol–water partition coefficient (Wildman–Crippen LogP) is 6.70. The number of likely N-dealkylation sites (N-methyl/N-ethyl adjacent to an activating group) is 1. The summed E-state index contributed by atoms with van der Waals surface area (Å²) in [5, 5.41) is 6.85. The van der Waals surface area contributed by atoms with Crippen LogP contribution >= 0.6 is 23.2 Å². The first kappa shape index (κ1) is 28.9. The molecule has 0 aromatic rings. The third-order valence-electron chi connectivity index (χ3n) is 7.61. The molecular weight excluding hydrogens is 472 g/mol. The molecule has 2 rings (SSSR count). The molecule has 2 saturated carbocycles. The Kier molecular flexibility index (Phi) is 11.6. The maximum atomic E-state index is 14.4. The lowest BCUT2D eigenvalue weighted by Gasteiger charge is -2.45. The number of nitrogens with zero attached hydrogens (tertiary/aromatic N) is 1. The number of aliphatic imine (C=N–C) groups is 1. The second-order valence-corrected chi connectivity index (χ2v) is 11.0.